The summed E-state index contributed by atoms with van der Waals surface area (Å²) in [7, 11) is 0. The highest BCUT2D eigenvalue weighted by molar-refractivity contribution is 5.88. The van der Waals surface area contributed by atoms with Crippen LogP contribution in [0.1, 0.15) is 24.5 Å². The molecule has 0 N–H and O–H groups in total. The van der Waals surface area contributed by atoms with Gasteiger partial charge in [0.2, 0.25) is 0 Å². The standard InChI is InChI=1S/C21H21NO/c1-2-5-16-8-11-18(12-9-16)22-14-20-19-7-4-3-6-17(19)10-13-21(20)23-15-22/h3-4,6-13H,2,5,14-15H2,1H3. The summed E-state index contributed by atoms with van der Waals surface area (Å²) in [5.41, 5.74) is 3.91. The number of rotatable bonds is 3. The fraction of sp³-hybridized carbons (Fsp3) is 0.238. The van der Waals surface area contributed by atoms with Gasteiger partial charge in [-0.1, -0.05) is 55.8 Å². The SMILES string of the molecule is CCCc1ccc(N2COc3ccc4ccccc4c3C2)cc1. The van der Waals surface area contributed by atoms with Gasteiger partial charge >= 0.3 is 0 Å². The summed E-state index contributed by atoms with van der Waals surface area (Å²) < 4.78 is 6.00. The molecule has 0 atom stereocenters. The molecule has 0 aromatic heterocycles. The lowest BCUT2D eigenvalue weighted by Crippen LogP contribution is -2.31. The Morgan fingerprint density at radius 2 is 1.78 bits per heavy atom. The van der Waals surface area contributed by atoms with Crippen molar-refractivity contribution in [3.05, 3.63) is 71.8 Å². The van der Waals surface area contributed by atoms with E-state index in [-0.39, 0.29) is 0 Å². The van der Waals surface area contributed by atoms with E-state index >= 15 is 0 Å². The largest absolute Gasteiger partial charge is 0.473 e. The first kappa shape index (κ1) is 14.1. The van der Waals surface area contributed by atoms with Crippen LogP contribution in [-0.4, -0.2) is 6.73 Å². The van der Waals surface area contributed by atoms with Crippen LogP contribution >= 0.6 is 0 Å². The molecule has 1 aliphatic heterocycles. The molecule has 116 valence electrons. The van der Waals surface area contributed by atoms with E-state index in [2.05, 4.69) is 72.5 Å². The summed E-state index contributed by atoms with van der Waals surface area (Å²) in [4.78, 5) is 2.30. The first-order valence-electron chi connectivity index (χ1n) is 8.32. The predicted octanol–water partition coefficient (Wildman–Crippen LogP) is 5.15. The monoisotopic (exact) mass is 303 g/mol. The van der Waals surface area contributed by atoms with Crippen LogP contribution in [0.15, 0.2) is 60.7 Å². The van der Waals surface area contributed by atoms with E-state index in [9.17, 15) is 0 Å². The molecule has 0 saturated heterocycles. The maximum atomic E-state index is 6.00. The van der Waals surface area contributed by atoms with E-state index in [4.69, 9.17) is 4.74 Å². The van der Waals surface area contributed by atoms with Crippen LogP contribution in [0.3, 0.4) is 0 Å². The van der Waals surface area contributed by atoms with Gasteiger partial charge in [0, 0.05) is 11.3 Å². The molecule has 3 aromatic rings. The second-order valence-electron chi connectivity index (χ2n) is 6.15. The number of anilines is 1. The van der Waals surface area contributed by atoms with E-state index in [1.807, 2.05) is 0 Å². The second kappa shape index (κ2) is 5.96. The number of ether oxygens (including phenoxy) is 1. The molecule has 0 bridgehead atoms. The lowest BCUT2D eigenvalue weighted by Gasteiger charge is -2.31. The lowest BCUT2D eigenvalue weighted by atomic mass is 10.0. The van der Waals surface area contributed by atoms with Gasteiger partial charge in [-0.3, -0.25) is 0 Å². The fourth-order valence-electron chi connectivity index (χ4n) is 3.33. The molecule has 3 aromatic carbocycles. The molecule has 0 amide bonds. The average molecular weight is 303 g/mol. The molecule has 2 nitrogen and oxygen atoms in total. The van der Waals surface area contributed by atoms with Crippen molar-refractivity contribution in [3.8, 4) is 5.75 Å². The first-order valence-corrected chi connectivity index (χ1v) is 8.32. The highest BCUT2D eigenvalue weighted by Crippen LogP contribution is 2.34. The Balaban J connectivity index is 1.66. The fourth-order valence-corrected chi connectivity index (χ4v) is 3.33. The Kier molecular flexibility index (Phi) is 3.66. The summed E-state index contributed by atoms with van der Waals surface area (Å²) in [5, 5.41) is 2.56. The van der Waals surface area contributed by atoms with Crippen LogP contribution in [0.25, 0.3) is 10.8 Å². The molecular formula is C21H21NO. The maximum Gasteiger partial charge on any atom is 0.161 e. The Hall–Kier alpha value is -2.48. The minimum Gasteiger partial charge on any atom is -0.473 e. The molecule has 23 heavy (non-hydrogen) atoms. The molecule has 0 radical (unpaired) electrons. The summed E-state index contributed by atoms with van der Waals surface area (Å²) in [5.74, 6) is 1.02. The molecule has 2 heteroatoms. The zero-order valence-corrected chi connectivity index (χ0v) is 13.5. The number of hydrogen-bond acceptors (Lipinski definition) is 2. The van der Waals surface area contributed by atoms with Crippen molar-refractivity contribution in [2.45, 2.75) is 26.3 Å². The van der Waals surface area contributed by atoms with Gasteiger partial charge in [0.05, 0.1) is 6.54 Å². The number of fused-ring (bicyclic) bond motifs is 3. The Morgan fingerprint density at radius 3 is 2.61 bits per heavy atom. The lowest BCUT2D eigenvalue weighted by molar-refractivity contribution is 0.290. The van der Waals surface area contributed by atoms with Crippen molar-refractivity contribution in [2.75, 3.05) is 11.6 Å². The number of hydrogen-bond donors (Lipinski definition) is 0. The van der Waals surface area contributed by atoms with Crippen molar-refractivity contribution in [1.82, 2.24) is 0 Å². The van der Waals surface area contributed by atoms with Crippen LogP contribution in [0.5, 0.6) is 5.75 Å². The van der Waals surface area contributed by atoms with Crippen LogP contribution in [-0.2, 0) is 13.0 Å². The molecule has 0 unspecified atom stereocenters. The van der Waals surface area contributed by atoms with Crippen molar-refractivity contribution in [2.24, 2.45) is 0 Å². The van der Waals surface area contributed by atoms with Gasteiger partial charge in [-0.05, 0) is 41.0 Å². The van der Waals surface area contributed by atoms with Crippen LogP contribution in [0.2, 0.25) is 0 Å². The zero-order valence-electron chi connectivity index (χ0n) is 13.5. The second-order valence-corrected chi connectivity index (χ2v) is 6.15. The maximum absolute atomic E-state index is 6.00. The average Bonchev–Trinajstić information content (AvgIpc) is 2.62. The highest BCUT2D eigenvalue weighted by atomic mass is 16.5. The number of benzene rings is 3. The van der Waals surface area contributed by atoms with Crippen molar-refractivity contribution < 1.29 is 4.74 Å². The van der Waals surface area contributed by atoms with Gasteiger partial charge in [0.15, 0.2) is 6.73 Å². The van der Waals surface area contributed by atoms with Gasteiger partial charge < -0.3 is 9.64 Å². The third-order valence-corrected chi connectivity index (χ3v) is 4.56. The van der Waals surface area contributed by atoms with Crippen molar-refractivity contribution in [3.63, 3.8) is 0 Å². The normalized spacial score (nSPS) is 13.7. The van der Waals surface area contributed by atoms with E-state index in [0.717, 1.165) is 18.7 Å². The van der Waals surface area contributed by atoms with Crippen molar-refractivity contribution in [1.29, 1.82) is 0 Å². The highest BCUT2D eigenvalue weighted by Gasteiger charge is 2.19. The molecular weight excluding hydrogens is 282 g/mol. The van der Waals surface area contributed by atoms with Crippen LogP contribution < -0.4 is 9.64 Å². The van der Waals surface area contributed by atoms with Gasteiger partial charge in [-0.15, -0.1) is 0 Å². The Labute approximate surface area is 137 Å². The van der Waals surface area contributed by atoms with Crippen molar-refractivity contribution >= 4 is 16.5 Å². The Bertz CT molecular complexity index is 823. The predicted molar refractivity (Wildman–Crippen MR) is 96.1 cm³/mol. The first-order chi connectivity index (χ1) is 11.3. The molecule has 0 aliphatic carbocycles. The topological polar surface area (TPSA) is 12.5 Å². The number of aryl methyl sites for hydroxylation is 1. The van der Waals surface area contributed by atoms with Crippen LogP contribution in [0, 0.1) is 0 Å². The molecule has 0 fully saturated rings. The van der Waals surface area contributed by atoms with Gasteiger partial charge in [-0.25, -0.2) is 0 Å². The molecule has 0 saturated carbocycles. The summed E-state index contributed by atoms with van der Waals surface area (Å²) >= 11 is 0. The van der Waals surface area contributed by atoms with E-state index in [0.29, 0.717) is 6.73 Å². The van der Waals surface area contributed by atoms with Gasteiger partial charge in [0.25, 0.3) is 0 Å². The van der Waals surface area contributed by atoms with Gasteiger partial charge in [0.1, 0.15) is 5.75 Å². The van der Waals surface area contributed by atoms with E-state index in [1.165, 1.54) is 34.0 Å². The number of nitrogens with zero attached hydrogens (tertiary/aromatic N) is 1. The molecule has 4 rings (SSSR count). The third-order valence-electron chi connectivity index (χ3n) is 4.56. The van der Waals surface area contributed by atoms with Crippen LogP contribution in [0.4, 0.5) is 5.69 Å². The Morgan fingerprint density at radius 1 is 0.957 bits per heavy atom. The minimum atomic E-state index is 0.610. The minimum absolute atomic E-state index is 0.610. The van der Waals surface area contributed by atoms with E-state index in [1.54, 1.807) is 0 Å². The smallest absolute Gasteiger partial charge is 0.161 e. The third kappa shape index (κ3) is 2.65. The molecule has 1 aliphatic rings. The summed E-state index contributed by atoms with van der Waals surface area (Å²) in [6.45, 7) is 3.72. The molecule has 1 heterocycles. The quantitative estimate of drug-likeness (QED) is 0.663. The molecule has 0 spiro atoms. The summed E-state index contributed by atoms with van der Waals surface area (Å²) in [6, 6.07) is 21.7. The van der Waals surface area contributed by atoms with E-state index < -0.39 is 0 Å². The summed E-state index contributed by atoms with van der Waals surface area (Å²) in [6.07, 6.45) is 2.33. The zero-order chi connectivity index (χ0) is 15.6. The van der Waals surface area contributed by atoms with Gasteiger partial charge in [-0.2, -0.15) is 0 Å².